The van der Waals surface area contributed by atoms with Crippen molar-refractivity contribution in [3.05, 3.63) is 78.4 Å². The van der Waals surface area contributed by atoms with E-state index >= 15 is 0 Å². The molecule has 2 aromatic carbocycles. The highest BCUT2D eigenvalue weighted by Crippen LogP contribution is 2.30. The lowest BCUT2D eigenvalue weighted by Gasteiger charge is -2.29. The zero-order valence-electron chi connectivity index (χ0n) is 20.9. The third-order valence-corrected chi connectivity index (χ3v) is 6.21. The van der Waals surface area contributed by atoms with Crippen LogP contribution in [0.4, 0.5) is 18.9 Å². The maximum atomic E-state index is 12.1. The van der Waals surface area contributed by atoms with Gasteiger partial charge in [0, 0.05) is 61.6 Å². The van der Waals surface area contributed by atoms with Gasteiger partial charge in [-0.05, 0) is 55.3 Å². The number of hydrogen-bond donors (Lipinski definition) is 2. The maximum absolute atomic E-state index is 12.1. The van der Waals surface area contributed by atoms with Crippen LogP contribution in [-0.2, 0) is 24.6 Å². The number of benzene rings is 2. The summed E-state index contributed by atoms with van der Waals surface area (Å²) in [6, 6.07) is 14.8. The molecule has 1 fully saturated rings. The van der Waals surface area contributed by atoms with E-state index in [4.69, 9.17) is 10.5 Å². The molecule has 1 saturated heterocycles. The number of nitrogens with one attached hydrogen (secondary N) is 1. The van der Waals surface area contributed by atoms with E-state index in [9.17, 15) is 18.0 Å². The average Bonchev–Trinajstić information content (AvgIpc) is 3.26. The molecule has 4 aromatic rings. The molecule has 0 saturated carbocycles. The Morgan fingerprint density at radius 3 is 2.63 bits per heavy atom. The summed E-state index contributed by atoms with van der Waals surface area (Å²) >= 11 is 0. The number of amides is 1. The van der Waals surface area contributed by atoms with E-state index in [1.807, 2.05) is 31.4 Å². The topological polar surface area (TPSA) is 98.3 Å². The Morgan fingerprint density at radius 1 is 1.11 bits per heavy atom. The molecule has 200 valence electrons. The van der Waals surface area contributed by atoms with Gasteiger partial charge in [-0.15, -0.1) is 0 Å². The molecule has 1 amide bonds. The lowest BCUT2D eigenvalue weighted by atomic mass is 10.1. The van der Waals surface area contributed by atoms with Crippen molar-refractivity contribution in [3.63, 3.8) is 0 Å². The quantitative estimate of drug-likeness (QED) is 0.345. The van der Waals surface area contributed by atoms with Crippen molar-refractivity contribution in [3.8, 4) is 11.6 Å². The van der Waals surface area contributed by atoms with Crippen LogP contribution < -0.4 is 15.8 Å². The Kier molecular flexibility index (Phi) is 8.59. The molecule has 1 aliphatic rings. The smallest absolute Gasteiger partial charge is 0.416 e. The normalized spacial score (nSPS) is 14.6. The van der Waals surface area contributed by atoms with Gasteiger partial charge in [0.25, 0.3) is 0 Å². The van der Waals surface area contributed by atoms with Gasteiger partial charge in [0.05, 0.1) is 11.3 Å². The molecule has 0 bridgehead atoms. The van der Waals surface area contributed by atoms with E-state index in [0.29, 0.717) is 18.3 Å². The lowest BCUT2D eigenvalue weighted by Crippen LogP contribution is -2.39. The first kappa shape index (κ1) is 27.1. The minimum absolute atomic E-state index is 0.129. The molecule has 38 heavy (non-hydrogen) atoms. The number of aromatic nitrogens is 3. The predicted octanol–water partition coefficient (Wildman–Crippen LogP) is 4.96. The highest BCUT2D eigenvalue weighted by molar-refractivity contribution is 5.81. The van der Waals surface area contributed by atoms with Crippen LogP contribution in [-0.4, -0.2) is 45.0 Å². The molecule has 11 heteroatoms. The minimum atomic E-state index is -4.37. The Hall–Kier alpha value is -3.96. The third-order valence-electron chi connectivity index (χ3n) is 6.21. The summed E-state index contributed by atoms with van der Waals surface area (Å²) < 4.78 is 44.3. The van der Waals surface area contributed by atoms with Crippen molar-refractivity contribution in [2.45, 2.75) is 31.6 Å². The van der Waals surface area contributed by atoms with E-state index in [2.05, 4.69) is 36.9 Å². The second-order valence-corrected chi connectivity index (χ2v) is 9.05. The van der Waals surface area contributed by atoms with Gasteiger partial charge in [-0.1, -0.05) is 6.07 Å². The number of anilines is 1. The summed E-state index contributed by atoms with van der Waals surface area (Å²) in [7, 11) is 2.03. The monoisotopic (exact) mass is 526 g/mol. The number of fused-ring (bicyclic) bond motifs is 1. The highest BCUT2D eigenvalue weighted by atomic mass is 19.4. The van der Waals surface area contributed by atoms with E-state index in [-0.39, 0.29) is 5.69 Å². The highest BCUT2D eigenvalue weighted by Gasteiger charge is 2.30. The third kappa shape index (κ3) is 7.30. The van der Waals surface area contributed by atoms with Gasteiger partial charge in [-0.2, -0.15) is 13.2 Å². The summed E-state index contributed by atoms with van der Waals surface area (Å²) in [4.78, 5) is 21.0. The fourth-order valence-corrected chi connectivity index (χ4v) is 4.16. The molecule has 5 rings (SSSR count). The number of alkyl halides is 3. The number of carbonyl (C=O) groups excluding carboxylic acids is 1. The summed E-state index contributed by atoms with van der Waals surface area (Å²) in [6.07, 6.45) is 1.66. The number of aryl methyl sites for hydroxylation is 1. The molecule has 1 aliphatic heterocycles. The van der Waals surface area contributed by atoms with Crippen molar-refractivity contribution in [1.82, 2.24) is 19.4 Å². The number of carbonyl (C=O) groups is 1. The van der Waals surface area contributed by atoms with Crippen LogP contribution in [0.25, 0.3) is 10.9 Å². The van der Waals surface area contributed by atoms with Crippen LogP contribution in [0.2, 0.25) is 0 Å². The molecule has 8 nitrogen and oxygen atoms in total. The van der Waals surface area contributed by atoms with E-state index in [1.54, 1.807) is 6.33 Å². The van der Waals surface area contributed by atoms with Gasteiger partial charge in [0.1, 0.15) is 12.1 Å². The fraction of sp³-hybridized carbons (Fsp3) is 0.296. The van der Waals surface area contributed by atoms with Crippen LogP contribution in [0.15, 0.2) is 67.1 Å². The van der Waals surface area contributed by atoms with Crippen LogP contribution in [0.1, 0.15) is 24.1 Å². The predicted molar refractivity (Wildman–Crippen MR) is 139 cm³/mol. The van der Waals surface area contributed by atoms with Gasteiger partial charge in [0.2, 0.25) is 12.3 Å². The fourth-order valence-electron chi connectivity index (χ4n) is 4.16. The first-order valence-corrected chi connectivity index (χ1v) is 12.1. The summed E-state index contributed by atoms with van der Waals surface area (Å²) in [5.74, 6) is 1.36. The number of nitrogens with zero attached hydrogens (tertiary/aromatic N) is 4. The van der Waals surface area contributed by atoms with Crippen molar-refractivity contribution >= 4 is 23.0 Å². The number of nitrogens with two attached hydrogens (primary N) is 1. The number of likely N-dealkylation sites (tertiary alicyclic amines) is 1. The van der Waals surface area contributed by atoms with Gasteiger partial charge in [-0.3, -0.25) is 9.69 Å². The van der Waals surface area contributed by atoms with Crippen molar-refractivity contribution in [2.24, 2.45) is 12.8 Å². The Labute approximate surface area is 218 Å². The summed E-state index contributed by atoms with van der Waals surface area (Å²) in [5.41, 5.74) is 7.47. The van der Waals surface area contributed by atoms with E-state index in [0.717, 1.165) is 61.4 Å². The number of ether oxygens (including phenoxy) is 1. The lowest BCUT2D eigenvalue weighted by molar-refractivity contribution is -0.137. The van der Waals surface area contributed by atoms with Crippen molar-refractivity contribution in [2.75, 3.05) is 18.4 Å². The molecular weight excluding hydrogens is 497 g/mol. The summed E-state index contributed by atoms with van der Waals surface area (Å²) in [6.45, 7) is 2.85. The van der Waals surface area contributed by atoms with Gasteiger partial charge >= 0.3 is 6.18 Å². The van der Waals surface area contributed by atoms with E-state index < -0.39 is 11.7 Å². The Bertz CT molecular complexity index is 1370. The van der Waals surface area contributed by atoms with E-state index in [1.165, 1.54) is 17.6 Å². The van der Waals surface area contributed by atoms with Crippen LogP contribution in [0.5, 0.6) is 11.6 Å². The van der Waals surface area contributed by atoms with Crippen LogP contribution in [0.3, 0.4) is 0 Å². The number of hydrogen-bond acceptors (Lipinski definition) is 6. The number of piperidine rings is 1. The van der Waals surface area contributed by atoms with Crippen LogP contribution in [0, 0.1) is 0 Å². The van der Waals surface area contributed by atoms with Crippen LogP contribution >= 0.6 is 0 Å². The molecule has 2 aromatic heterocycles. The second kappa shape index (κ2) is 12.1. The molecule has 3 heterocycles. The Morgan fingerprint density at radius 2 is 1.89 bits per heavy atom. The molecule has 0 atom stereocenters. The average molecular weight is 527 g/mol. The molecule has 3 N–H and O–H groups in total. The van der Waals surface area contributed by atoms with Crippen molar-refractivity contribution in [1.29, 1.82) is 0 Å². The summed E-state index contributed by atoms with van der Waals surface area (Å²) in [5, 5.41) is 3.29. The van der Waals surface area contributed by atoms with Crippen molar-refractivity contribution < 1.29 is 22.7 Å². The number of rotatable bonds is 6. The SMILES string of the molecule is Cn1ccc2cc(Oc3cc(CN4CCC(N)CC4)ncn3)ccc21.O=CNc1cccc(C(F)(F)F)c1. The largest absolute Gasteiger partial charge is 0.439 e. The molecular formula is C27H29F3N6O2. The molecule has 0 spiro atoms. The molecule has 0 radical (unpaired) electrons. The zero-order valence-corrected chi connectivity index (χ0v) is 20.9. The second-order valence-electron chi connectivity index (χ2n) is 9.05. The number of halogens is 3. The minimum Gasteiger partial charge on any atom is -0.439 e. The zero-order chi connectivity index (χ0) is 27.1. The van der Waals surface area contributed by atoms with Gasteiger partial charge in [0.15, 0.2) is 0 Å². The first-order chi connectivity index (χ1) is 18.2. The standard InChI is InChI=1S/C19H23N5O.C8H6F3NO/c1-23-7-4-14-10-17(2-3-18(14)23)25-19-11-16(21-13-22-19)12-24-8-5-15(20)6-9-24;9-8(10,11)6-2-1-3-7(4-6)12-5-13/h2-4,7,10-11,13,15H,5-6,8-9,12,20H2,1H3;1-5H,(H,12,13). The molecule has 0 aliphatic carbocycles. The van der Waals surface area contributed by atoms with Gasteiger partial charge in [-0.25, -0.2) is 9.97 Å². The molecule has 0 unspecified atom stereocenters. The first-order valence-electron chi connectivity index (χ1n) is 12.1. The maximum Gasteiger partial charge on any atom is 0.416 e. The van der Waals surface area contributed by atoms with Gasteiger partial charge < -0.3 is 20.4 Å². The Balaban J connectivity index is 0.000000219.